The van der Waals surface area contributed by atoms with E-state index in [4.69, 9.17) is 4.74 Å². The number of nitrogens with zero attached hydrogens (tertiary/aromatic N) is 2. The number of para-hydroxylation sites is 1. The van der Waals surface area contributed by atoms with Gasteiger partial charge in [0.2, 0.25) is 11.8 Å². The molecule has 7 atom stereocenters. The van der Waals surface area contributed by atoms with Gasteiger partial charge in [-0.1, -0.05) is 29.5 Å². The summed E-state index contributed by atoms with van der Waals surface area (Å²) in [7, 11) is 1.63. The van der Waals surface area contributed by atoms with Gasteiger partial charge in [0.15, 0.2) is 0 Å². The molecule has 0 spiro atoms. The Morgan fingerprint density at radius 2 is 1.73 bits per heavy atom. The van der Waals surface area contributed by atoms with Crippen molar-refractivity contribution >= 4 is 46.3 Å². The summed E-state index contributed by atoms with van der Waals surface area (Å²) in [5.41, 5.74) is 1.27. The van der Waals surface area contributed by atoms with Gasteiger partial charge in [0.25, 0.3) is 5.69 Å². The number of aromatic amines is 1. The van der Waals surface area contributed by atoms with E-state index in [1.54, 1.807) is 18.9 Å². The number of amides is 2. The first kappa shape index (κ1) is 22.7. The van der Waals surface area contributed by atoms with E-state index in [9.17, 15) is 24.5 Å². The van der Waals surface area contributed by atoms with Crippen LogP contribution >= 0.6 is 23.1 Å². The summed E-state index contributed by atoms with van der Waals surface area (Å²) in [6.45, 7) is 0. The average Bonchev–Trinajstić information content (AvgIpc) is 3.63. The molecule has 6 unspecified atom stereocenters. The Morgan fingerprint density at radius 3 is 2.43 bits per heavy atom. The van der Waals surface area contributed by atoms with Crippen LogP contribution in [0.25, 0.3) is 0 Å². The maximum atomic E-state index is 13.8. The van der Waals surface area contributed by atoms with Crippen LogP contribution in [0, 0.1) is 39.7 Å². The van der Waals surface area contributed by atoms with Crippen molar-refractivity contribution < 1.29 is 19.2 Å². The van der Waals surface area contributed by atoms with E-state index in [0.29, 0.717) is 5.69 Å². The Kier molecular flexibility index (Phi) is 4.93. The van der Waals surface area contributed by atoms with E-state index < -0.39 is 16.8 Å². The van der Waals surface area contributed by atoms with Crippen molar-refractivity contribution in [3.05, 3.63) is 78.8 Å². The van der Waals surface area contributed by atoms with Crippen molar-refractivity contribution in [2.75, 3.05) is 12.0 Å². The van der Waals surface area contributed by atoms with Crippen LogP contribution in [0.15, 0.2) is 58.4 Å². The van der Waals surface area contributed by atoms with E-state index in [1.807, 2.05) is 24.3 Å². The molecule has 4 aliphatic rings. The van der Waals surface area contributed by atoms with Crippen molar-refractivity contribution in [3.63, 3.8) is 0 Å². The van der Waals surface area contributed by atoms with Gasteiger partial charge in [-0.05, 0) is 42.4 Å². The second-order valence-corrected chi connectivity index (χ2v) is 12.2. The summed E-state index contributed by atoms with van der Waals surface area (Å²) >= 11 is 2.85. The lowest BCUT2D eigenvalue weighted by Gasteiger charge is -2.43. The maximum absolute atomic E-state index is 13.8. The zero-order valence-corrected chi connectivity index (χ0v) is 21.2. The van der Waals surface area contributed by atoms with E-state index >= 15 is 0 Å². The highest BCUT2D eigenvalue weighted by atomic mass is 32.2. The van der Waals surface area contributed by atoms with Gasteiger partial charge in [-0.25, -0.2) is 0 Å². The Labute approximate surface area is 219 Å². The molecule has 37 heavy (non-hydrogen) atoms. The molecule has 2 aromatic carbocycles. The molecule has 2 bridgehead atoms. The predicted molar refractivity (Wildman–Crippen MR) is 137 cm³/mol. The molecule has 0 radical (unpaired) electrons. The van der Waals surface area contributed by atoms with Gasteiger partial charge in [-0.2, -0.15) is 0 Å². The highest BCUT2D eigenvalue weighted by Gasteiger charge is 2.69. The van der Waals surface area contributed by atoms with Crippen LogP contribution in [0.5, 0.6) is 5.75 Å². The van der Waals surface area contributed by atoms with Crippen molar-refractivity contribution in [3.8, 4) is 5.75 Å². The highest BCUT2D eigenvalue weighted by molar-refractivity contribution is 8.00. The number of fused-ring (bicyclic) bond motifs is 9. The van der Waals surface area contributed by atoms with Gasteiger partial charge >= 0.3 is 4.87 Å². The van der Waals surface area contributed by atoms with Crippen LogP contribution in [-0.2, 0) is 9.59 Å². The fraction of sp³-hybridized carbons (Fsp3) is 0.346. The SMILES string of the molecule is COc1ccccc1C1c2sc(=O)[nH]c2SC2C3CC(C4C(=O)N(c5ccc([N+](=O)[O-])cc5)C(=O)C34)[C@@H]12. The fourth-order valence-corrected chi connectivity index (χ4v) is 10.1. The van der Waals surface area contributed by atoms with Crippen LogP contribution in [0.2, 0.25) is 0 Å². The number of anilines is 1. The molecule has 2 aliphatic heterocycles. The average molecular weight is 536 g/mol. The van der Waals surface area contributed by atoms with E-state index in [1.165, 1.54) is 40.5 Å². The number of carbonyl (C=O) groups is 2. The predicted octanol–water partition coefficient (Wildman–Crippen LogP) is 4.03. The molecule has 3 fully saturated rings. The molecular weight excluding hydrogens is 514 g/mol. The number of methoxy groups -OCH3 is 1. The van der Waals surface area contributed by atoms with Gasteiger partial charge in [0.05, 0.1) is 34.6 Å². The Balaban J connectivity index is 1.31. The summed E-state index contributed by atoms with van der Waals surface area (Å²) in [5.74, 6) is -0.652. The van der Waals surface area contributed by atoms with Gasteiger partial charge in [0, 0.05) is 33.7 Å². The quantitative estimate of drug-likeness (QED) is 0.304. The number of thioether (sulfide) groups is 1. The number of benzene rings is 2. The van der Waals surface area contributed by atoms with Gasteiger partial charge in [-0.15, -0.1) is 11.8 Å². The molecule has 9 nitrogen and oxygen atoms in total. The standard InChI is InChI=1S/C26H21N3O6S2/c1-35-16-5-3-2-4-13(16)17-18-14-10-15(21(18)36-23-22(17)37-26(32)27-23)20-19(14)24(30)28(25(20)31)11-6-8-12(9-7-11)29(33)34/h2-9,14-15,17-21H,10H2,1H3,(H,27,32)/t14?,15?,17?,18-,19?,20?,21?/m0/s1. The first-order valence-corrected chi connectivity index (χ1v) is 13.7. The van der Waals surface area contributed by atoms with Gasteiger partial charge < -0.3 is 9.72 Å². The highest BCUT2D eigenvalue weighted by Crippen LogP contribution is 2.69. The minimum absolute atomic E-state index is 0.00161. The number of hydrogen-bond donors (Lipinski definition) is 1. The molecular formula is C26H21N3O6S2. The first-order chi connectivity index (χ1) is 17.9. The van der Waals surface area contributed by atoms with E-state index in [0.717, 1.165) is 27.6 Å². The molecule has 2 aliphatic carbocycles. The number of ether oxygens (including phenoxy) is 1. The van der Waals surface area contributed by atoms with Crippen molar-refractivity contribution in [2.24, 2.45) is 29.6 Å². The summed E-state index contributed by atoms with van der Waals surface area (Å²) in [4.78, 5) is 55.5. The van der Waals surface area contributed by atoms with Crippen molar-refractivity contribution in [1.82, 2.24) is 4.98 Å². The minimum atomic E-state index is -0.505. The molecule has 188 valence electrons. The molecule has 11 heteroatoms. The summed E-state index contributed by atoms with van der Waals surface area (Å²) in [6.07, 6.45) is 0.786. The zero-order valence-electron chi connectivity index (χ0n) is 19.5. The number of H-pyrrole nitrogens is 1. The number of imide groups is 1. The maximum Gasteiger partial charge on any atom is 0.305 e. The van der Waals surface area contributed by atoms with E-state index in [-0.39, 0.29) is 51.3 Å². The molecule has 1 N–H and O–H groups in total. The Hall–Kier alpha value is -3.44. The lowest BCUT2D eigenvalue weighted by molar-refractivity contribution is -0.384. The van der Waals surface area contributed by atoms with Crippen LogP contribution < -0.4 is 14.5 Å². The number of thiazole rings is 1. The summed E-state index contributed by atoms with van der Waals surface area (Å²) in [5, 5.41) is 12.0. The van der Waals surface area contributed by atoms with Crippen molar-refractivity contribution in [2.45, 2.75) is 22.6 Å². The lowest BCUT2D eigenvalue weighted by atomic mass is 9.68. The summed E-state index contributed by atoms with van der Waals surface area (Å²) < 4.78 is 5.71. The number of nitro groups is 1. The third-order valence-electron chi connectivity index (χ3n) is 8.52. The molecule has 2 saturated carbocycles. The van der Waals surface area contributed by atoms with Crippen LogP contribution in [0.4, 0.5) is 11.4 Å². The van der Waals surface area contributed by atoms with Crippen LogP contribution in [0.1, 0.15) is 22.8 Å². The second-order valence-electron chi connectivity index (χ2n) is 9.99. The number of rotatable bonds is 4. The van der Waals surface area contributed by atoms with Crippen LogP contribution in [0.3, 0.4) is 0 Å². The zero-order chi connectivity index (χ0) is 25.6. The van der Waals surface area contributed by atoms with Gasteiger partial charge in [-0.3, -0.25) is 29.4 Å². The topological polar surface area (TPSA) is 123 Å². The molecule has 1 aromatic heterocycles. The number of carbonyl (C=O) groups excluding carboxylic acids is 2. The van der Waals surface area contributed by atoms with Crippen LogP contribution in [-0.4, -0.2) is 34.1 Å². The Bertz CT molecular complexity index is 1530. The number of hydrogen-bond acceptors (Lipinski definition) is 8. The monoisotopic (exact) mass is 535 g/mol. The number of nitro benzene ring substituents is 1. The normalized spacial score (nSPS) is 31.3. The van der Waals surface area contributed by atoms with Gasteiger partial charge in [0.1, 0.15) is 5.75 Å². The third-order valence-corrected chi connectivity index (χ3v) is 11.1. The number of nitrogens with one attached hydrogen (secondary N) is 1. The second kappa shape index (κ2) is 8.03. The third kappa shape index (κ3) is 3.07. The minimum Gasteiger partial charge on any atom is -0.496 e. The number of non-ortho nitro benzene ring substituents is 1. The molecule has 1 saturated heterocycles. The molecule has 2 amide bonds. The van der Waals surface area contributed by atoms with Crippen molar-refractivity contribution in [1.29, 1.82) is 0 Å². The largest absolute Gasteiger partial charge is 0.496 e. The first-order valence-electron chi connectivity index (χ1n) is 12.0. The summed E-state index contributed by atoms with van der Waals surface area (Å²) in [6, 6.07) is 13.4. The fourth-order valence-electron chi connectivity index (χ4n) is 7.27. The molecule has 7 rings (SSSR count). The Morgan fingerprint density at radius 1 is 1.03 bits per heavy atom. The molecule has 3 heterocycles. The molecule has 3 aromatic rings. The van der Waals surface area contributed by atoms with E-state index in [2.05, 4.69) is 4.98 Å². The smallest absolute Gasteiger partial charge is 0.305 e. The lowest BCUT2D eigenvalue weighted by Crippen LogP contribution is -2.42. The number of aromatic nitrogens is 1.